The van der Waals surface area contributed by atoms with Gasteiger partial charge in [-0.05, 0) is 24.3 Å². The molecule has 3 aromatic rings. The van der Waals surface area contributed by atoms with Gasteiger partial charge in [-0.2, -0.15) is 10.1 Å². The predicted molar refractivity (Wildman–Crippen MR) is 119 cm³/mol. The first kappa shape index (κ1) is 18.4. The summed E-state index contributed by atoms with van der Waals surface area (Å²) in [6, 6.07) is 17.3. The van der Waals surface area contributed by atoms with Crippen LogP contribution in [0.1, 0.15) is 0 Å². The van der Waals surface area contributed by atoms with Gasteiger partial charge < -0.3 is 19.4 Å². The number of ether oxygens (including phenoxy) is 2. The van der Waals surface area contributed by atoms with Gasteiger partial charge in [0.05, 0.1) is 17.5 Å². The van der Waals surface area contributed by atoms with Crippen LogP contribution in [0, 0.1) is 0 Å². The molecule has 0 fully saturated rings. The second-order valence-electron chi connectivity index (χ2n) is 7.46. The molecule has 0 spiro atoms. The maximum Gasteiger partial charge on any atom is 0.275 e. The number of nitrogens with one attached hydrogen (secondary N) is 2. The molecule has 9 nitrogen and oxygen atoms in total. The molecule has 6 rings (SSSR count). The number of rotatable bonds is 4. The lowest BCUT2D eigenvalue weighted by Crippen LogP contribution is -2.35. The van der Waals surface area contributed by atoms with Crippen LogP contribution in [-0.2, 0) is 0 Å². The molecule has 3 aliphatic rings. The molecule has 0 aliphatic carbocycles. The van der Waals surface area contributed by atoms with Crippen LogP contribution in [0.4, 0.5) is 5.95 Å². The van der Waals surface area contributed by atoms with Crippen molar-refractivity contribution < 1.29 is 9.47 Å². The molecule has 1 unspecified atom stereocenters. The Morgan fingerprint density at radius 1 is 1.09 bits per heavy atom. The van der Waals surface area contributed by atoms with Crippen molar-refractivity contribution in [3.63, 3.8) is 0 Å². The van der Waals surface area contributed by atoms with Gasteiger partial charge in [0, 0.05) is 18.1 Å². The Kier molecular flexibility index (Phi) is 4.24. The van der Waals surface area contributed by atoms with Gasteiger partial charge in [0.2, 0.25) is 5.95 Å². The highest BCUT2D eigenvalue weighted by molar-refractivity contribution is 5.92. The van der Waals surface area contributed by atoms with Gasteiger partial charge in [-0.15, -0.1) is 0 Å². The number of fused-ring (bicyclic) bond motifs is 4. The first-order valence-corrected chi connectivity index (χ1v) is 10.2. The summed E-state index contributed by atoms with van der Waals surface area (Å²) in [7, 11) is 0. The van der Waals surface area contributed by atoms with Gasteiger partial charge in [0.25, 0.3) is 5.56 Å². The minimum atomic E-state index is -0.247. The van der Waals surface area contributed by atoms with Crippen molar-refractivity contribution in [2.24, 2.45) is 0 Å². The van der Waals surface area contributed by atoms with Crippen LogP contribution in [0.25, 0.3) is 28.0 Å². The monoisotopic (exact) mass is 426 g/mol. The van der Waals surface area contributed by atoms with E-state index in [4.69, 9.17) is 14.5 Å². The number of hydrogen-bond donors (Lipinski definition) is 2. The molecule has 2 N–H and O–H groups in total. The quantitative estimate of drug-likeness (QED) is 0.455. The Hall–Kier alpha value is -4.40. The molecule has 0 bridgehead atoms. The lowest BCUT2D eigenvalue weighted by Gasteiger charge is -2.26. The predicted octanol–water partition coefficient (Wildman–Crippen LogP) is 2.86. The third-order valence-corrected chi connectivity index (χ3v) is 5.37. The Morgan fingerprint density at radius 2 is 1.91 bits per heavy atom. The lowest BCUT2D eigenvalue weighted by atomic mass is 10.1. The molecule has 1 atom stereocenters. The zero-order chi connectivity index (χ0) is 21.5. The average molecular weight is 426 g/mol. The largest absolute Gasteiger partial charge is 0.486 e. The van der Waals surface area contributed by atoms with Crippen LogP contribution < -0.4 is 20.3 Å². The first-order valence-electron chi connectivity index (χ1n) is 10.2. The second kappa shape index (κ2) is 7.38. The number of aromatic amines is 1. The number of benzene rings is 2. The normalized spacial score (nSPS) is 15.2. The van der Waals surface area contributed by atoms with Gasteiger partial charge >= 0.3 is 0 Å². The molecule has 4 heterocycles. The number of H-pyrrole nitrogens is 1. The number of nitrogens with zero attached hydrogens (tertiary/aromatic N) is 4. The van der Waals surface area contributed by atoms with Crippen LogP contribution in [-0.4, -0.2) is 44.0 Å². The maximum atomic E-state index is 12.2. The summed E-state index contributed by atoms with van der Waals surface area (Å²) in [5, 5.41) is 10.6. The number of aromatic nitrogens is 5. The van der Waals surface area contributed by atoms with Crippen LogP contribution in [0.5, 0.6) is 11.5 Å². The highest BCUT2D eigenvalue weighted by Crippen LogP contribution is 2.31. The smallest absolute Gasteiger partial charge is 0.275 e. The molecule has 0 radical (unpaired) electrons. The van der Waals surface area contributed by atoms with Gasteiger partial charge in [-0.25, -0.2) is 10.1 Å². The molecule has 0 saturated carbocycles. The Bertz CT molecular complexity index is 1450. The summed E-state index contributed by atoms with van der Waals surface area (Å²) in [6.07, 6.45) is 3.26. The number of pyridine rings is 1. The first-order chi connectivity index (χ1) is 15.8. The summed E-state index contributed by atoms with van der Waals surface area (Å²) in [5.74, 6) is 1.92. The Balaban J connectivity index is 1.35. The third kappa shape index (κ3) is 3.11. The van der Waals surface area contributed by atoms with Crippen LogP contribution in [0.3, 0.4) is 0 Å². The lowest BCUT2D eigenvalue weighted by molar-refractivity contribution is 0.0996. The van der Waals surface area contributed by atoms with E-state index >= 15 is 0 Å². The summed E-state index contributed by atoms with van der Waals surface area (Å²) >= 11 is 0. The van der Waals surface area contributed by atoms with E-state index in [9.17, 15) is 4.79 Å². The van der Waals surface area contributed by atoms with Gasteiger partial charge in [-0.3, -0.25) is 4.79 Å². The van der Waals surface area contributed by atoms with E-state index in [0.29, 0.717) is 41.4 Å². The van der Waals surface area contributed by atoms with Crippen molar-refractivity contribution in [3.05, 3.63) is 77.3 Å². The number of para-hydroxylation sites is 3. The van der Waals surface area contributed by atoms with Crippen LogP contribution in [0.15, 0.2) is 71.8 Å². The molecular weight excluding hydrogens is 408 g/mol. The fraction of sp³-hybridized carbons (Fsp3) is 0.130. The van der Waals surface area contributed by atoms with Crippen molar-refractivity contribution in [2.45, 2.75) is 6.10 Å². The Labute approximate surface area is 182 Å². The molecule has 9 heteroatoms. The fourth-order valence-electron chi connectivity index (χ4n) is 3.81. The van der Waals surface area contributed by atoms with E-state index in [2.05, 4.69) is 20.5 Å². The van der Waals surface area contributed by atoms with Crippen molar-refractivity contribution in [3.8, 4) is 28.4 Å². The molecular formula is C23H18N6O3. The summed E-state index contributed by atoms with van der Waals surface area (Å²) < 4.78 is 13.6. The highest BCUT2D eigenvalue weighted by Gasteiger charge is 2.22. The van der Waals surface area contributed by atoms with Gasteiger partial charge in [0.1, 0.15) is 18.4 Å². The van der Waals surface area contributed by atoms with Crippen molar-refractivity contribution in [1.82, 2.24) is 24.7 Å². The molecule has 2 aromatic carbocycles. The van der Waals surface area contributed by atoms with E-state index in [-0.39, 0.29) is 11.7 Å². The van der Waals surface area contributed by atoms with Crippen molar-refractivity contribution in [1.29, 1.82) is 0 Å². The SMILES string of the molecule is O=c1[nH]nc2c3cnc(NCC4COc5ccccc5O4)nc3n(-c3ccccc3)cc1-2. The Morgan fingerprint density at radius 3 is 2.78 bits per heavy atom. The van der Waals surface area contributed by atoms with E-state index in [0.717, 1.165) is 17.2 Å². The van der Waals surface area contributed by atoms with E-state index < -0.39 is 0 Å². The maximum absolute atomic E-state index is 12.2. The molecule has 158 valence electrons. The molecule has 32 heavy (non-hydrogen) atoms. The van der Waals surface area contributed by atoms with Gasteiger partial charge in [-0.1, -0.05) is 30.3 Å². The molecule has 1 aromatic heterocycles. The molecule has 3 aliphatic heterocycles. The zero-order valence-electron chi connectivity index (χ0n) is 16.9. The van der Waals surface area contributed by atoms with Crippen LogP contribution in [0.2, 0.25) is 0 Å². The van der Waals surface area contributed by atoms with E-state index in [1.165, 1.54) is 0 Å². The third-order valence-electron chi connectivity index (χ3n) is 5.37. The zero-order valence-corrected chi connectivity index (χ0v) is 16.9. The minimum Gasteiger partial charge on any atom is -0.486 e. The highest BCUT2D eigenvalue weighted by atomic mass is 16.6. The van der Waals surface area contributed by atoms with Crippen molar-refractivity contribution >= 4 is 17.0 Å². The minimum absolute atomic E-state index is 0.178. The summed E-state index contributed by atoms with van der Waals surface area (Å²) in [5.41, 5.74) is 2.30. The molecule has 0 amide bonds. The number of hydrogen-bond acceptors (Lipinski definition) is 7. The molecule has 0 saturated heterocycles. The topological polar surface area (TPSA) is 107 Å². The summed E-state index contributed by atoms with van der Waals surface area (Å²) in [6.45, 7) is 0.905. The average Bonchev–Trinajstić information content (AvgIpc) is 3.23. The summed E-state index contributed by atoms with van der Waals surface area (Å²) in [4.78, 5) is 21.4. The van der Waals surface area contributed by atoms with E-state index in [1.807, 2.05) is 59.2 Å². The second-order valence-corrected chi connectivity index (χ2v) is 7.46. The van der Waals surface area contributed by atoms with Gasteiger partial charge in [0.15, 0.2) is 17.1 Å². The standard InChI is InChI=1S/C23H18N6O3/c30-22-17-12-29(14-6-2-1-3-7-14)21-16(20(17)27-28-22)11-25-23(26-21)24-10-15-13-31-18-8-4-5-9-19(18)32-15/h1-9,11-12,15H,10,13H2,(H,28,30)(H,24,25,26). The van der Waals surface area contributed by atoms with Crippen molar-refractivity contribution in [2.75, 3.05) is 18.5 Å². The fourth-order valence-corrected chi connectivity index (χ4v) is 3.81. The van der Waals surface area contributed by atoms with E-state index in [1.54, 1.807) is 12.4 Å². The number of anilines is 1. The van der Waals surface area contributed by atoms with Crippen LogP contribution >= 0.6 is 0 Å².